The second-order valence-electron chi connectivity index (χ2n) is 5.90. The lowest BCUT2D eigenvalue weighted by atomic mass is 10.1. The lowest BCUT2D eigenvalue weighted by Crippen LogP contribution is -2.22. The molecule has 0 unspecified atom stereocenters. The summed E-state index contributed by atoms with van der Waals surface area (Å²) < 4.78 is 10.1. The van der Waals surface area contributed by atoms with Gasteiger partial charge in [0.2, 0.25) is 0 Å². The minimum atomic E-state index is -0.454. The predicted molar refractivity (Wildman–Crippen MR) is 91.3 cm³/mol. The Morgan fingerprint density at radius 3 is 2.46 bits per heavy atom. The fraction of sp³-hybridized carbons (Fsp3) is 0.588. The fourth-order valence-electron chi connectivity index (χ4n) is 2.49. The molecule has 0 radical (unpaired) electrons. The molecule has 2 rings (SSSR count). The van der Waals surface area contributed by atoms with Gasteiger partial charge in [0.25, 0.3) is 5.91 Å². The van der Waals surface area contributed by atoms with E-state index in [1.807, 2.05) is 20.8 Å². The summed E-state index contributed by atoms with van der Waals surface area (Å²) in [5.74, 6) is -0.984. The van der Waals surface area contributed by atoms with Crippen LogP contribution in [0.2, 0.25) is 0 Å². The first-order valence-corrected chi connectivity index (χ1v) is 8.96. The summed E-state index contributed by atoms with van der Waals surface area (Å²) in [7, 11) is 0. The van der Waals surface area contributed by atoms with Gasteiger partial charge >= 0.3 is 11.9 Å². The van der Waals surface area contributed by atoms with Crippen LogP contribution in [-0.2, 0) is 25.5 Å². The van der Waals surface area contributed by atoms with Gasteiger partial charge in [0, 0.05) is 4.88 Å². The van der Waals surface area contributed by atoms with Crippen molar-refractivity contribution in [2.45, 2.75) is 40.5 Å². The zero-order valence-electron chi connectivity index (χ0n) is 14.4. The molecular formula is C17H23NO5S. The van der Waals surface area contributed by atoms with E-state index < -0.39 is 11.9 Å². The summed E-state index contributed by atoms with van der Waals surface area (Å²) in [6, 6.07) is 0. The summed E-state index contributed by atoms with van der Waals surface area (Å²) in [5.41, 5.74) is 1.20. The highest BCUT2D eigenvalue weighted by Gasteiger charge is 2.40. The molecule has 0 spiro atoms. The van der Waals surface area contributed by atoms with E-state index in [-0.39, 0.29) is 25.1 Å². The van der Waals surface area contributed by atoms with Crippen LogP contribution in [0.3, 0.4) is 0 Å². The molecule has 2 atom stereocenters. The number of amides is 1. The van der Waals surface area contributed by atoms with Gasteiger partial charge in [0.15, 0.2) is 6.61 Å². The number of esters is 2. The molecule has 1 aromatic rings. The van der Waals surface area contributed by atoms with Crippen LogP contribution in [0.5, 0.6) is 0 Å². The number of hydrogen-bond donors (Lipinski definition) is 1. The van der Waals surface area contributed by atoms with Crippen LogP contribution in [0.25, 0.3) is 0 Å². The molecule has 1 saturated carbocycles. The molecule has 1 aliphatic carbocycles. The number of rotatable bonds is 7. The van der Waals surface area contributed by atoms with E-state index in [0.29, 0.717) is 16.5 Å². The number of anilines is 1. The van der Waals surface area contributed by atoms with Crippen LogP contribution in [0.1, 0.15) is 48.0 Å². The Balaban J connectivity index is 2.03. The van der Waals surface area contributed by atoms with Gasteiger partial charge < -0.3 is 14.8 Å². The van der Waals surface area contributed by atoms with Crippen molar-refractivity contribution in [2.24, 2.45) is 11.8 Å². The van der Waals surface area contributed by atoms with Crippen molar-refractivity contribution >= 4 is 34.2 Å². The standard InChI is InChI=1S/C17H23NO5S/c1-5-12-10(4)14(17(21)22-6-2)15(24-12)18-13(19)8-23-16(20)11-7-9(11)3/h9,11H,5-8H2,1-4H3,(H,18,19)/t9-,11+/m1/s1. The molecular weight excluding hydrogens is 330 g/mol. The van der Waals surface area contributed by atoms with Gasteiger partial charge in [0.05, 0.1) is 18.1 Å². The molecule has 0 aromatic carbocycles. The Kier molecular flexibility index (Phi) is 5.99. The van der Waals surface area contributed by atoms with Crippen molar-refractivity contribution in [1.29, 1.82) is 0 Å². The van der Waals surface area contributed by atoms with E-state index in [2.05, 4.69) is 5.32 Å². The van der Waals surface area contributed by atoms with Crippen LogP contribution >= 0.6 is 11.3 Å². The monoisotopic (exact) mass is 353 g/mol. The maximum Gasteiger partial charge on any atom is 0.341 e. The third-order valence-electron chi connectivity index (χ3n) is 4.06. The second kappa shape index (κ2) is 7.79. The van der Waals surface area contributed by atoms with E-state index in [4.69, 9.17) is 9.47 Å². The number of aryl methyl sites for hydroxylation is 1. The molecule has 0 saturated heterocycles. The van der Waals surface area contributed by atoms with Gasteiger partial charge in [-0.05, 0) is 38.2 Å². The molecule has 7 heteroatoms. The van der Waals surface area contributed by atoms with E-state index in [1.165, 1.54) is 11.3 Å². The Morgan fingerprint density at radius 1 is 1.25 bits per heavy atom. The lowest BCUT2D eigenvalue weighted by molar-refractivity contribution is -0.148. The van der Waals surface area contributed by atoms with E-state index in [0.717, 1.165) is 23.3 Å². The maximum atomic E-state index is 12.1. The zero-order valence-corrected chi connectivity index (χ0v) is 15.2. The largest absolute Gasteiger partial charge is 0.462 e. The first-order valence-electron chi connectivity index (χ1n) is 8.14. The molecule has 1 heterocycles. The summed E-state index contributed by atoms with van der Waals surface area (Å²) in [5, 5.41) is 3.12. The van der Waals surface area contributed by atoms with Crippen LogP contribution in [0.4, 0.5) is 5.00 Å². The molecule has 132 valence electrons. The number of nitrogens with one attached hydrogen (secondary N) is 1. The quantitative estimate of drug-likeness (QED) is 0.762. The minimum Gasteiger partial charge on any atom is -0.462 e. The van der Waals surface area contributed by atoms with Crippen molar-refractivity contribution in [3.63, 3.8) is 0 Å². The van der Waals surface area contributed by atoms with Gasteiger partial charge in [-0.15, -0.1) is 11.3 Å². The average Bonchev–Trinajstić information content (AvgIpc) is 3.18. The molecule has 1 aromatic heterocycles. The van der Waals surface area contributed by atoms with Gasteiger partial charge in [-0.3, -0.25) is 9.59 Å². The number of carbonyl (C=O) groups excluding carboxylic acids is 3. The highest BCUT2D eigenvalue weighted by Crippen LogP contribution is 2.38. The number of hydrogen-bond acceptors (Lipinski definition) is 6. The molecule has 0 bridgehead atoms. The maximum absolute atomic E-state index is 12.1. The van der Waals surface area contributed by atoms with Gasteiger partial charge in [-0.2, -0.15) is 0 Å². The van der Waals surface area contributed by atoms with Crippen molar-refractivity contribution in [2.75, 3.05) is 18.5 Å². The first kappa shape index (κ1) is 18.4. The van der Waals surface area contributed by atoms with E-state index in [9.17, 15) is 14.4 Å². The second-order valence-corrected chi connectivity index (χ2v) is 7.01. The lowest BCUT2D eigenvalue weighted by Gasteiger charge is -2.08. The molecule has 1 amide bonds. The average molecular weight is 353 g/mol. The smallest absolute Gasteiger partial charge is 0.341 e. The third-order valence-corrected chi connectivity index (χ3v) is 5.41. The highest BCUT2D eigenvalue weighted by atomic mass is 32.1. The van der Waals surface area contributed by atoms with Crippen molar-refractivity contribution < 1.29 is 23.9 Å². The molecule has 0 aliphatic heterocycles. The van der Waals surface area contributed by atoms with E-state index >= 15 is 0 Å². The Labute approximate surface area is 145 Å². The Morgan fingerprint density at radius 2 is 1.92 bits per heavy atom. The van der Waals surface area contributed by atoms with Crippen molar-refractivity contribution in [3.8, 4) is 0 Å². The Hall–Kier alpha value is -1.89. The molecule has 24 heavy (non-hydrogen) atoms. The topological polar surface area (TPSA) is 81.7 Å². The third kappa shape index (κ3) is 4.14. The van der Waals surface area contributed by atoms with Gasteiger partial charge in [-0.25, -0.2) is 4.79 Å². The van der Waals surface area contributed by atoms with Gasteiger partial charge in [0.1, 0.15) is 5.00 Å². The first-order chi connectivity index (χ1) is 11.4. The molecule has 6 nitrogen and oxygen atoms in total. The van der Waals surface area contributed by atoms with Crippen LogP contribution in [0.15, 0.2) is 0 Å². The summed E-state index contributed by atoms with van der Waals surface area (Å²) in [4.78, 5) is 36.9. The highest BCUT2D eigenvalue weighted by molar-refractivity contribution is 7.17. The number of thiophene rings is 1. The van der Waals surface area contributed by atoms with Crippen LogP contribution in [0, 0.1) is 18.8 Å². The van der Waals surface area contributed by atoms with Crippen LogP contribution < -0.4 is 5.32 Å². The van der Waals surface area contributed by atoms with Gasteiger partial charge in [-0.1, -0.05) is 13.8 Å². The number of ether oxygens (including phenoxy) is 2. The fourth-order valence-corrected chi connectivity index (χ4v) is 3.64. The van der Waals surface area contributed by atoms with Crippen molar-refractivity contribution in [3.05, 3.63) is 16.0 Å². The minimum absolute atomic E-state index is 0.0800. The SMILES string of the molecule is CCOC(=O)c1c(NC(=O)COC(=O)[C@H]2C[C@H]2C)sc(CC)c1C. The molecule has 1 N–H and O–H groups in total. The summed E-state index contributed by atoms with van der Waals surface area (Å²) >= 11 is 1.35. The zero-order chi connectivity index (χ0) is 17.9. The van der Waals surface area contributed by atoms with Crippen molar-refractivity contribution in [1.82, 2.24) is 0 Å². The van der Waals surface area contributed by atoms with E-state index in [1.54, 1.807) is 6.92 Å². The summed E-state index contributed by atoms with van der Waals surface area (Å²) in [6.07, 6.45) is 1.57. The molecule has 1 aliphatic rings. The molecule has 1 fully saturated rings. The Bertz CT molecular complexity index is 652. The summed E-state index contributed by atoms with van der Waals surface area (Å²) in [6.45, 7) is 7.45. The number of carbonyl (C=O) groups is 3. The van der Waals surface area contributed by atoms with Crippen LogP contribution in [-0.4, -0.2) is 31.1 Å². The normalized spacial score (nSPS) is 18.8. The predicted octanol–water partition coefficient (Wildman–Crippen LogP) is 2.93.